The van der Waals surface area contributed by atoms with Gasteiger partial charge >= 0.3 is 5.97 Å². The Morgan fingerprint density at radius 3 is 2.60 bits per heavy atom. The molecule has 0 aromatic heterocycles. The summed E-state index contributed by atoms with van der Waals surface area (Å²) in [5.74, 6) is -0.433. The second-order valence-corrected chi connectivity index (χ2v) is 2.69. The Balaban J connectivity index is 3.19. The van der Waals surface area contributed by atoms with Gasteiger partial charge in [0.15, 0.2) is 0 Å². The second kappa shape index (κ2) is 8.92. The quantitative estimate of drug-likeness (QED) is 0.184. The first-order valence-electron chi connectivity index (χ1n) is 4.53. The molecular formula is C8H13NO6. The van der Waals surface area contributed by atoms with E-state index in [2.05, 4.69) is 4.84 Å². The zero-order chi connectivity index (χ0) is 11.5. The van der Waals surface area contributed by atoms with Gasteiger partial charge in [0.25, 0.3) is 5.09 Å². The first kappa shape index (κ1) is 13.3. The van der Waals surface area contributed by atoms with E-state index in [1.807, 2.05) is 0 Å². The number of esters is 1. The van der Waals surface area contributed by atoms with E-state index in [1.165, 1.54) is 0 Å². The average molecular weight is 219 g/mol. The van der Waals surface area contributed by atoms with Gasteiger partial charge in [-0.1, -0.05) is 0 Å². The average Bonchev–Trinajstić information content (AvgIpc) is 2.19. The highest BCUT2D eigenvalue weighted by molar-refractivity contribution is 5.72. The molecule has 0 amide bonds. The van der Waals surface area contributed by atoms with Gasteiger partial charge in [0.05, 0.1) is 19.6 Å². The van der Waals surface area contributed by atoms with Gasteiger partial charge in [-0.25, -0.2) is 0 Å². The molecule has 0 aliphatic carbocycles. The summed E-state index contributed by atoms with van der Waals surface area (Å²) in [6, 6.07) is 0. The van der Waals surface area contributed by atoms with Crippen LogP contribution in [0.15, 0.2) is 0 Å². The number of carbonyl (C=O) groups excluding carboxylic acids is 2. The van der Waals surface area contributed by atoms with Gasteiger partial charge in [-0.15, -0.1) is 10.1 Å². The van der Waals surface area contributed by atoms with Gasteiger partial charge in [-0.2, -0.15) is 0 Å². The van der Waals surface area contributed by atoms with Crippen LogP contribution in [0.1, 0.15) is 25.7 Å². The van der Waals surface area contributed by atoms with E-state index in [0.29, 0.717) is 19.1 Å². The lowest BCUT2D eigenvalue weighted by Gasteiger charge is -2.02. The van der Waals surface area contributed by atoms with Crippen LogP contribution in [0.5, 0.6) is 0 Å². The molecule has 0 aromatic rings. The molecule has 0 saturated heterocycles. The maximum Gasteiger partial charge on any atom is 0.306 e. The number of hydrogen-bond acceptors (Lipinski definition) is 6. The number of hydrogen-bond donors (Lipinski definition) is 0. The van der Waals surface area contributed by atoms with Crippen LogP contribution in [0, 0.1) is 10.1 Å². The first-order chi connectivity index (χ1) is 7.16. The van der Waals surface area contributed by atoms with Crippen LogP contribution in [-0.4, -0.2) is 30.6 Å². The third kappa shape index (κ3) is 10.3. The summed E-state index contributed by atoms with van der Waals surface area (Å²) in [6.07, 6.45) is 1.83. The maximum atomic E-state index is 10.8. The molecular weight excluding hydrogens is 206 g/mol. The molecule has 7 nitrogen and oxygen atoms in total. The van der Waals surface area contributed by atoms with Crippen LogP contribution in [0.2, 0.25) is 0 Å². The fourth-order valence-corrected chi connectivity index (χ4v) is 0.778. The summed E-state index contributed by atoms with van der Waals surface area (Å²) >= 11 is 0. The Morgan fingerprint density at radius 2 is 2.00 bits per heavy atom. The van der Waals surface area contributed by atoms with Crippen LogP contribution in [0.4, 0.5) is 0 Å². The van der Waals surface area contributed by atoms with E-state index >= 15 is 0 Å². The summed E-state index contributed by atoms with van der Waals surface area (Å²) in [5.41, 5.74) is 0. The van der Waals surface area contributed by atoms with Crippen LogP contribution >= 0.6 is 0 Å². The number of ether oxygens (including phenoxy) is 1. The fourth-order valence-electron chi connectivity index (χ4n) is 0.778. The third-order valence-electron chi connectivity index (χ3n) is 1.46. The van der Waals surface area contributed by atoms with Gasteiger partial charge in [0, 0.05) is 6.42 Å². The van der Waals surface area contributed by atoms with Crippen molar-refractivity contribution in [2.75, 3.05) is 13.2 Å². The zero-order valence-electron chi connectivity index (χ0n) is 8.22. The molecule has 0 saturated carbocycles. The highest BCUT2D eigenvalue weighted by Crippen LogP contribution is 1.95. The molecule has 0 aliphatic heterocycles. The molecule has 0 atom stereocenters. The molecule has 15 heavy (non-hydrogen) atoms. The topological polar surface area (TPSA) is 95.7 Å². The molecule has 0 radical (unpaired) electrons. The predicted molar refractivity (Wildman–Crippen MR) is 48.4 cm³/mol. The van der Waals surface area contributed by atoms with Crippen LogP contribution in [-0.2, 0) is 19.2 Å². The van der Waals surface area contributed by atoms with Crippen LogP contribution in [0.3, 0.4) is 0 Å². The molecule has 0 fully saturated rings. The van der Waals surface area contributed by atoms with E-state index in [0.717, 1.165) is 0 Å². The molecule has 0 heterocycles. The largest absolute Gasteiger partial charge is 0.466 e. The fraction of sp³-hybridized carbons (Fsp3) is 0.750. The number of aldehydes is 1. The van der Waals surface area contributed by atoms with Gasteiger partial charge in [-0.3, -0.25) is 4.79 Å². The van der Waals surface area contributed by atoms with Crippen molar-refractivity contribution in [1.82, 2.24) is 0 Å². The van der Waals surface area contributed by atoms with Crippen molar-refractivity contribution in [3.05, 3.63) is 10.1 Å². The highest BCUT2D eigenvalue weighted by Gasteiger charge is 2.01. The Morgan fingerprint density at radius 1 is 1.33 bits per heavy atom. The van der Waals surface area contributed by atoms with E-state index in [1.54, 1.807) is 0 Å². The predicted octanol–water partition coefficient (Wildman–Crippen LogP) is 0.497. The number of unbranched alkanes of at least 4 members (excludes halogenated alkanes) is 1. The Labute approximate surface area is 86.5 Å². The summed E-state index contributed by atoms with van der Waals surface area (Å²) in [6.45, 7) is 0.192. The molecule has 86 valence electrons. The number of nitrogens with zero attached hydrogens (tertiary/aromatic N) is 1. The smallest absolute Gasteiger partial charge is 0.306 e. The molecule has 0 bridgehead atoms. The summed E-state index contributed by atoms with van der Waals surface area (Å²) in [5, 5.41) is 8.86. The summed E-state index contributed by atoms with van der Waals surface area (Å²) < 4.78 is 4.73. The Hall–Kier alpha value is -1.66. The lowest BCUT2D eigenvalue weighted by atomic mass is 10.3. The van der Waals surface area contributed by atoms with Crippen molar-refractivity contribution in [2.45, 2.75) is 25.7 Å². The van der Waals surface area contributed by atoms with Gasteiger partial charge in [0.1, 0.15) is 6.29 Å². The van der Waals surface area contributed by atoms with E-state index < -0.39 is 11.1 Å². The van der Waals surface area contributed by atoms with Crippen molar-refractivity contribution in [3.63, 3.8) is 0 Å². The lowest BCUT2D eigenvalue weighted by molar-refractivity contribution is -0.757. The monoisotopic (exact) mass is 219 g/mol. The van der Waals surface area contributed by atoms with Crippen molar-refractivity contribution < 1.29 is 24.3 Å². The minimum absolute atomic E-state index is 0.00110. The first-order valence-corrected chi connectivity index (χ1v) is 4.53. The molecule has 7 heteroatoms. The van der Waals surface area contributed by atoms with Gasteiger partial charge < -0.3 is 14.4 Å². The lowest BCUT2D eigenvalue weighted by Crippen LogP contribution is -2.07. The molecule has 0 aromatic carbocycles. The van der Waals surface area contributed by atoms with Crippen LogP contribution < -0.4 is 0 Å². The van der Waals surface area contributed by atoms with E-state index in [9.17, 15) is 19.7 Å². The van der Waals surface area contributed by atoms with E-state index in [4.69, 9.17) is 4.74 Å². The number of rotatable bonds is 9. The van der Waals surface area contributed by atoms with Crippen LogP contribution in [0.25, 0.3) is 0 Å². The molecule has 0 unspecified atom stereocenters. The Kier molecular flexibility index (Phi) is 7.93. The standard InChI is InChI=1S/C8H13NO6/c10-5-3-4-8(11)14-6-1-2-7-15-9(12)13/h5H,1-4,6-7H2. The summed E-state index contributed by atoms with van der Waals surface area (Å²) in [7, 11) is 0. The molecule has 0 aliphatic rings. The van der Waals surface area contributed by atoms with Gasteiger partial charge in [0.2, 0.25) is 0 Å². The minimum atomic E-state index is -0.865. The zero-order valence-corrected chi connectivity index (χ0v) is 8.22. The minimum Gasteiger partial charge on any atom is -0.466 e. The molecule has 0 rings (SSSR count). The molecule has 0 N–H and O–H groups in total. The maximum absolute atomic E-state index is 10.8. The molecule has 0 spiro atoms. The normalized spacial score (nSPS) is 9.33. The van der Waals surface area contributed by atoms with Crippen molar-refractivity contribution in [2.24, 2.45) is 0 Å². The van der Waals surface area contributed by atoms with Crippen molar-refractivity contribution >= 4 is 12.3 Å². The third-order valence-corrected chi connectivity index (χ3v) is 1.46. The highest BCUT2D eigenvalue weighted by atomic mass is 16.9. The van der Waals surface area contributed by atoms with Crippen molar-refractivity contribution in [3.8, 4) is 0 Å². The SMILES string of the molecule is O=CCCC(=O)OCCCCO[N+](=O)[O-]. The van der Waals surface area contributed by atoms with Gasteiger partial charge in [-0.05, 0) is 12.8 Å². The van der Waals surface area contributed by atoms with E-state index in [-0.39, 0.29) is 26.1 Å². The van der Waals surface area contributed by atoms with Crippen molar-refractivity contribution in [1.29, 1.82) is 0 Å². The Bertz CT molecular complexity index is 217. The summed E-state index contributed by atoms with van der Waals surface area (Å²) in [4.78, 5) is 34.5. The second-order valence-electron chi connectivity index (χ2n) is 2.69. The number of carbonyl (C=O) groups is 2.